The van der Waals surface area contributed by atoms with Crippen LogP contribution in [-0.2, 0) is 11.3 Å². The van der Waals surface area contributed by atoms with E-state index >= 15 is 0 Å². The minimum absolute atomic E-state index is 0.0473. The van der Waals surface area contributed by atoms with Gasteiger partial charge in [0, 0.05) is 4.83 Å². The smallest absolute Gasteiger partial charge is 0.412 e. The fourth-order valence-corrected chi connectivity index (χ4v) is 2.03. The molecule has 2 rings (SSSR count). The minimum atomic E-state index is -0.683. The third-order valence-electron chi connectivity index (χ3n) is 2.90. The fraction of sp³-hybridized carbons (Fsp3) is 0.188. The quantitative estimate of drug-likeness (QED) is 0.784. The number of carbonyl (C=O) groups is 1. The Bertz CT molecular complexity index is 617. The highest BCUT2D eigenvalue weighted by molar-refractivity contribution is 9.09. The number of hydrogen-bond acceptors (Lipinski definition) is 2. The Morgan fingerprint density at radius 1 is 1.29 bits per heavy atom. The average molecular weight is 352 g/mol. The van der Waals surface area contributed by atoms with E-state index in [1.54, 1.807) is 6.07 Å². The lowest BCUT2D eigenvalue weighted by atomic mass is 10.1. The van der Waals surface area contributed by atoms with Gasteiger partial charge >= 0.3 is 6.09 Å². The summed E-state index contributed by atoms with van der Waals surface area (Å²) >= 11 is 3.36. The molecule has 1 atom stereocenters. The summed E-state index contributed by atoms with van der Waals surface area (Å²) < 4.78 is 18.9. The van der Waals surface area contributed by atoms with Crippen LogP contribution in [0, 0.1) is 5.82 Å². The SMILES string of the molecule is CC(Br)c1ccc(NC(=O)OCc2ccccc2)c(F)c1. The monoisotopic (exact) mass is 351 g/mol. The van der Waals surface area contributed by atoms with E-state index in [0.717, 1.165) is 11.1 Å². The molecule has 0 spiro atoms. The van der Waals surface area contributed by atoms with Gasteiger partial charge in [-0.3, -0.25) is 5.32 Å². The van der Waals surface area contributed by atoms with Crippen LogP contribution in [0.5, 0.6) is 0 Å². The highest BCUT2D eigenvalue weighted by atomic mass is 79.9. The molecule has 110 valence electrons. The molecule has 1 N–H and O–H groups in total. The van der Waals surface area contributed by atoms with Crippen molar-refractivity contribution in [3.63, 3.8) is 0 Å². The van der Waals surface area contributed by atoms with Gasteiger partial charge < -0.3 is 4.74 Å². The van der Waals surface area contributed by atoms with Crippen LogP contribution in [0.1, 0.15) is 22.9 Å². The molecule has 21 heavy (non-hydrogen) atoms. The molecule has 0 bridgehead atoms. The first-order valence-corrected chi connectivity index (χ1v) is 7.39. The van der Waals surface area contributed by atoms with Crippen molar-refractivity contribution >= 4 is 27.7 Å². The van der Waals surface area contributed by atoms with Crippen LogP contribution in [0.4, 0.5) is 14.9 Å². The summed E-state index contributed by atoms with van der Waals surface area (Å²) in [6, 6.07) is 13.9. The largest absolute Gasteiger partial charge is 0.444 e. The molecule has 0 heterocycles. The Balaban J connectivity index is 1.93. The number of benzene rings is 2. The lowest BCUT2D eigenvalue weighted by Gasteiger charge is -2.10. The molecule has 1 unspecified atom stereocenters. The molecule has 0 aliphatic carbocycles. The van der Waals surface area contributed by atoms with Gasteiger partial charge in [-0.1, -0.05) is 52.3 Å². The van der Waals surface area contributed by atoms with Crippen molar-refractivity contribution in [1.29, 1.82) is 0 Å². The third kappa shape index (κ3) is 4.56. The molecule has 2 aromatic rings. The molecule has 0 saturated carbocycles. The molecule has 0 aromatic heterocycles. The molecule has 2 aromatic carbocycles. The topological polar surface area (TPSA) is 38.3 Å². The predicted octanol–water partition coefficient (Wildman–Crippen LogP) is 5.03. The van der Waals surface area contributed by atoms with Crippen LogP contribution in [0.2, 0.25) is 0 Å². The number of halogens is 2. The maximum Gasteiger partial charge on any atom is 0.412 e. The van der Waals surface area contributed by atoms with Crippen molar-refractivity contribution in [3.05, 3.63) is 65.5 Å². The van der Waals surface area contributed by atoms with E-state index in [1.807, 2.05) is 37.3 Å². The van der Waals surface area contributed by atoms with Gasteiger partial charge in [0.1, 0.15) is 12.4 Å². The van der Waals surface area contributed by atoms with Crippen LogP contribution in [0.25, 0.3) is 0 Å². The maximum atomic E-state index is 13.8. The van der Waals surface area contributed by atoms with Gasteiger partial charge in [-0.05, 0) is 30.2 Å². The number of ether oxygens (including phenoxy) is 1. The summed E-state index contributed by atoms with van der Waals surface area (Å²) in [5, 5.41) is 2.40. The fourth-order valence-electron chi connectivity index (χ4n) is 1.75. The molecular weight excluding hydrogens is 337 g/mol. The van der Waals surface area contributed by atoms with E-state index in [1.165, 1.54) is 12.1 Å². The molecule has 0 fully saturated rings. The van der Waals surface area contributed by atoms with E-state index in [0.29, 0.717) is 0 Å². The Morgan fingerprint density at radius 2 is 2.00 bits per heavy atom. The number of hydrogen-bond donors (Lipinski definition) is 1. The van der Waals surface area contributed by atoms with Crippen molar-refractivity contribution in [2.75, 3.05) is 5.32 Å². The number of nitrogens with one attached hydrogen (secondary N) is 1. The number of anilines is 1. The van der Waals surface area contributed by atoms with Crippen LogP contribution in [0.15, 0.2) is 48.5 Å². The second-order valence-corrected chi connectivity index (χ2v) is 5.92. The second-order valence-electron chi connectivity index (χ2n) is 4.54. The summed E-state index contributed by atoms with van der Waals surface area (Å²) in [5.74, 6) is -0.490. The van der Waals surface area contributed by atoms with Gasteiger partial charge in [-0.2, -0.15) is 0 Å². The first-order chi connectivity index (χ1) is 10.1. The Morgan fingerprint density at radius 3 is 2.62 bits per heavy atom. The Kier molecular flexibility index (Phi) is 5.33. The zero-order valence-corrected chi connectivity index (χ0v) is 13.1. The molecule has 5 heteroatoms. The normalized spacial score (nSPS) is 11.8. The van der Waals surface area contributed by atoms with Gasteiger partial charge in [0.05, 0.1) is 5.69 Å². The lowest BCUT2D eigenvalue weighted by Crippen LogP contribution is -2.14. The van der Waals surface area contributed by atoms with Gasteiger partial charge in [0.2, 0.25) is 0 Å². The van der Waals surface area contributed by atoms with E-state index < -0.39 is 11.9 Å². The summed E-state index contributed by atoms with van der Waals surface area (Å²) in [7, 11) is 0. The molecule has 0 saturated heterocycles. The van der Waals surface area contributed by atoms with Gasteiger partial charge in [0.25, 0.3) is 0 Å². The molecule has 0 radical (unpaired) electrons. The molecular formula is C16H15BrFNO2. The van der Waals surface area contributed by atoms with Gasteiger partial charge in [0.15, 0.2) is 0 Å². The number of rotatable bonds is 4. The van der Waals surface area contributed by atoms with E-state index in [4.69, 9.17) is 4.74 Å². The van der Waals surface area contributed by atoms with E-state index in [2.05, 4.69) is 21.2 Å². The maximum absolute atomic E-state index is 13.8. The Hall–Kier alpha value is -1.88. The van der Waals surface area contributed by atoms with Crippen LogP contribution in [0.3, 0.4) is 0 Å². The highest BCUT2D eigenvalue weighted by Crippen LogP contribution is 2.25. The van der Waals surface area contributed by atoms with Crippen molar-refractivity contribution in [2.45, 2.75) is 18.4 Å². The van der Waals surface area contributed by atoms with Crippen LogP contribution in [-0.4, -0.2) is 6.09 Å². The minimum Gasteiger partial charge on any atom is -0.444 e. The zero-order valence-electron chi connectivity index (χ0n) is 11.5. The van der Waals surface area contributed by atoms with Crippen molar-refractivity contribution < 1.29 is 13.9 Å². The summed E-state index contributed by atoms with van der Waals surface area (Å²) in [4.78, 5) is 11.7. The third-order valence-corrected chi connectivity index (χ3v) is 3.43. The van der Waals surface area contributed by atoms with Crippen molar-refractivity contribution in [2.24, 2.45) is 0 Å². The molecule has 0 aliphatic rings. The first kappa shape index (κ1) is 15.5. The molecule has 1 amide bonds. The van der Waals surface area contributed by atoms with Crippen LogP contribution < -0.4 is 5.32 Å². The lowest BCUT2D eigenvalue weighted by molar-refractivity contribution is 0.155. The summed E-state index contributed by atoms with van der Waals surface area (Å²) in [6.07, 6.45) is -0.683. The standard InChI is InChI=1S/C16H15BrFNO2/c1-11(17)13-7-8-15(14(18)9-13)19-16(20)21-10-12-5-3-2-4-6-12/h2-9,11H,10H2,1H3,(H,19,20). The molecule has 3 nitrogen and oxygen atoms in total. The molecule has 0 aliphatic heterocycles. The van der Waals surface area contributed by atoms with Crippen LogP contribution >= 0.6 is 15.9 Å². The van der Waals surface area contributed by atoms with Crippen molar-refractivity contribution in [3.8, 4) is 0 Å². The average Bonchev–Trinajstić information content (AvgIpc) is 2.48. The summed E-state index contributed by atoms with van der Waals surface area (Å²) in [5.41, 5.74) is 1.78. The first-order valence-electron chi connectivity index (χ1n) is 6.47. The predicted molar refractivity (Wildman–Crippen MR) is 84.0 cm³/mol. The second kappa shape index (κ2) is 7.22. The number of alkyl halides is 1. The zero-order chi connectivity index (χ0) is 15.2. The summed E-state index contributed by atoms with van der Waals surface area (Å²) in [6.45, 7) is 2.04. The number of amides is 1. The Labute approximate surface area is 131 Å². The van der Waals surface area contributed by atoms with Crippen molar-refractivity contribution in [1.82, 2.24) is 0 Å². The van der Waals surface area contributed by atoms with E-state index in [-0.39, 0.29) is 17.1 Å². The van der Waals surface area contributed by atoms with Gasteiger partial charge in [-0.15, -0.1) is 0 Å². The van der Waals surface area contributed by atoms with Gasteiger partial charge in [-0.25, -0.2) is 9.18 Å². The number of carbonyl (C=O) groups excluding carboxylic acids is 1. The highest BCUT2D eigenvalue weighted by Gasteiger charge is 2.10. The van der Waals surface area contributed by atoms with E-state index in [9.17, 15) is 9.18 Å².